The zero-order valence-electron chi connectivity index (χ0n) is 19.6. The molecule has 0 saturated carbocycles. The molecule has 1 aromatic carbocycles. The van der Waals surface area contributed by atoms with E-state index in [2.05, 4.69) is 13.5 Å². The van der Waals surface area contributed by atoms with Gasteiger partial charge in [0.05, 0.1) is 12.7 Å². The van der Waals surface area contributed by atoms with Crippen molar-refractivity contribution in [3.05, 3.63) is 54.3 Å². The van der Waals surface area contributed by atoms with Gasteiger partial charge in [0.1, 0.15) is 23.7 Å². The van der Waals surface area contributed by atoms with E-state index >= 15 is 0 Å². The van der Waals surface area contributed by atoms with Crippen molar-refractivity contribution in [3.8, 4) is 17.3 Å². The molecule has 0 aliphatic heterocycles. The summed E-state index contributed by atoms with van der Waals surface area (Å²) in [6, 6.07) is 11.7. The van der Waals surface area contributed by atoms with Crippen LogP contribution in [0.25, 0.3) is 22.5 Å². The summed E-state index contributed by atoms with van der Waals surface area (Å²) in [5, 5.41) is 10.9. The van der Waals surface area contributed by atoms with Crippen LogP contribution in [0.1, 0.15) is 58.1 Å². The first-order valence-electron chi connectivity index (χ1n) is 11.7. The second-order valence-electron chi connectivity index (χ2n) is 8.41. The SMILES string of the molecule is C=C(C)C(=O)OCC(O)CCCCOc1ccc2cc(-c3ccc(CCCCC)o3)oc2c1. The van der Waals surface area contributed by atoms with Crippen molar-refractivity contribution >= 4 is 16.9 Å². The molecule has 0 fully saturated rings. The van der Waals surface area contributed by atoms with Gasteiger partial charge in [-0.3, -0.25) is 0 Å². The Bertz CT molecular complexity index is 1040. The molecule has 178 valence electrons. The fourth-order valence-electron chi connectivity index (χ4n) is 3.47. The molecule has 3 rings (SSSR count). The van der Waals surface area contributed by atoms with Gasteiger partial charge in [0, 0.05) is 23.4 Å². The minimum absolute atomic E-state index is 0.0139. The molecule has 1 unspecified atom stereocenters. The zero-order valence-corrected chi connectivity index (χ0v) is 19.6. The van der Waals surface area contributed by atoms with E-state index in [9.17, 15) is 9.90 Å². The molecule has 1 atom stereocenters. The molecule has 2 aromatic heterocycles. The lowest BCUT2D eigenvalue weighted by Crippen LogP contribution is -2.19. The van der Waals surface area contributed by atoms with E-state index in [0.717, 1.165) is 53.9 Å². The van der Waals surface area contributed by atoms with Crippen LogP contribution in [0.5, 0.6) is 5.75 Å². The minimum Gasteiger partial charge on any atom is -0.493 e. The molecule has 3 aromatic rings. The third kappa shape index (κ3) is 7.53. The summed E-state index contributed by atoms with van der Waals surface area (Å²) in [5.74, 6) is 2.70. The maximum absolute atomic E-state index is 11.3. The van der Waals surface area contributed by atoms with Crippen molar-refractivity contribution in [2.24, 2.45) is 0 Å². The van der Waals surface area contributed by atoms with Crippen molar-refractivity contribution in [3.63, 3.8) is 0 Å². The number of benzene rings is 1. The first-order valence-corrected chi connectivity index (χ1v) is 11.7. The van der Waals surface area contributed by atoms with Gasteiger partial charge in [0.2, 0.25) is 0 Å². The Labute approximate surface area is 195 Å². The molecule has 0 saturated heterocycles. The predicted octanol–water partition coefficient (Wildman–Crippen LogP) is 6.45. The number of aliphatic hydroxyl groups excluding tert-OH is 1. The molecule has 0 aliphatic carbocycles. The van der Waals surface area contributed by atoms with Crippen LogP contribution in [-0.4, -0.2) is 30.4 Å². The lowest BCUT2D eigenvalue weighted by atomic mass is 10.1. The molecule has 0 amide bonds. The van der Waals surface area contributed by atoms with Gasteiger partial charge >= 0.3 is 5.97 Å². The van der Waals surface area contributed by atoms with Crippen LogP contribution < -0.4 is 4.74 Å². The number of furan rings is 2. The summed E-state index contributed by atoms with van der Waals surface area (Å²) in [6.07, 6.45) is 5.87. The van der Waals surface area contributed by atoms with Crippen molar-refractivity contribution in [2.75, 3.05) is 13.2 Å². The minimum atomic E-state index is -0.681. The van der Waals surface area contributed by atoms with Gasteiger partial charge in [0.15, 0.2) is 11.5 Å². The van der Waals surface area contributed by atoms with Crippen LogP contribution in [0.3, 0.4) is 0 Å². The second-order valence-corrected chi connectivity index (χ2v) is 8.41. The van der Waals surface area contributed by atoms with Gasteiger partial charge in [-0.15, -0.1) is 0 Å². The molecule has 0 aliphatic rings. The molecule has 0 bridgehead atoms. The molecule has 0 spiro atoms. The molecule has 6 nitrogen and oxygen atoms in total. The number of hydrogen-bond acceptors (Lipinski definition) is 6. The van der Waals surface area contributed by atoms with E-state index in [0.29, 0.717) is 24.4 Å². The maximum atomic E-state index is 11.3. The van der Waals surface area contributed by atoms with Crippen LogP contribution in [0.2, 0.25) is 0 Å². The summed E-state index contributed by atoms with van der Waals surface area (Å²) in [5.41, 5.74) is 1.08. The molecule has 1 N–H and O–H groups in total. The highest BCUT2D eigenvalue weighted by Gasteiger charge is 2.12. The van der Waals surface area contributed by atoms with E-state index in [1.54, 1.807) is 6.92 Å². The fourth-order valence-corrected chi connectivity index (χ4v) is 3.47. The third-order valence-electron chi connectivity index (χ3n) is 5.38. The van der Waals surface area contributed by atoms with Crippen molar-refractivity contribution in [1.82, 2.24) is 0 Å². The van der Waals surface area contributed by atoms with E-state index in [4.69, 9.17) is 18.3 Å². The van der Waals surface area contributed by atoms with Gasteiger partial charge in [0.25, 0.3) is 0 Å². The zero-order chi connectivity index (χ0) is 23.6. The standard InChI is InChI=1S/C27H34O6/c1-4-5-6-10-22-13-14-24(32-22)26-16-20-11-12-23(17-25(20)33-26)30-15-8-7-9-21(28)18-31-27(29)19(2)3/h11-14,16-17,21,28H,2,4-10,15,18H2,1,3H3. The van der Waals surface area contributed by atoms with Crippen LogP contribution in [0.15, 0.2) is 57.4 Å². The van der Waals surface area contributed by atoms with Gasteiger partial charge in [-0.2, -0.15) is 0 Å². The Morgan fingerprint density at radius 1 is 1.06 bits per heavy atom. The quantitative estimate of drug-likeness (QED) is 0.171. The highest BCUT2D eigenvalue weighted by atomic mass is 16.5. The fraction of sp³-hybridized carbons (Fsp3) is 0.444. The summed E-state index contributed by atoms with van der Waals surface area (Å²) in [6.45, 7) is 7.79. The number of aliphatic hydroxyl groups is 1. The largest absolute Gasteiger partial charge is 0.493 e. The lowest BCUT2D eigenvalue weighted by molar-refractivity contribution is -0.142. The van der Waals surface area contributed by atoms with Gasteiger partial charge in [-0.25, -0.2) is 4.79 Å². The Balaban J connectivity index is 1.44. The summed E-state index contributed by atoms with van der Waals surface area (Å²) < 4.78 is 22.7. The van der Waals surface area contributed by atoms with E-state index in [1.807, 2.05) is 36.4 Å². The molecule has 33 heavy (non-hydrogen) atoms. The summed E-state index contributed by atoms with van der Waals surface area (Å²) in [4.78, 5) is 11.3. The number of fused-ring (bicyclic) bond motifs is 1. The van der Waals surface area contributed by atoms with E-state index in [-0.39, 0.29) is 6.61 Å². The Kier molecular flexibility index (Phi) is 9.19. The highest BCUT2D eigenvalue weighted by molar-refractivity contribution is 5.87. The van der Waals surface area contributed by atoms with Crippen LogP contribution in [0.4, 0.5) is 0 Å². The van der Waals surface area contributed by atoms with Crippen LogP contribution in [0, 0.1) is 0 Å². The van der Waals surface area contributed by atoms with Gasteiger partial charge in [-0.05, 0) is 62.9 Å². The molecular weight excluding hydrogens is 420 g/mol. The second kappa shape index (κ2) is 12.3. The van der Waals surface area contributed by atoms with Crippen LogP contribution >= 0.6 is 0 Å². The van der Waals surface area contributed by atoms with Gasteiger partial charge < -0.3 is 23.4 Å². The lowest BCUT2D eigenvalue weighted by Gasteiger charge is -2.11. The average Bonchev–Trinajstić information content (AvgIpc) is 3.44. The Hall–Kier alpha value is -2.99. The number of carbonyl (C=O) groups is 1. The third-order valence-corrected chi connectivity index (χ3v) is 5.38. The summed E-state index contributed by atoms with van der Waals surface area (Å²) in [7, 11) is 0. The van der Waals surface area contributed by atoms with E-state index in [1.165, 1.54) is 12.8 Å². The molecular formula is C27H34O6. The first kappa shape index (κ1) is 24.6. The Morgan fingerprint density at radius 2 is 1.91 bits per heavy atom. The summed E-state index contributed by atoms with van der Waals surface area (Å²) >= 11 is 0. The number of aryl methyl sites for hydroxylation is 1. The predicted molar refractivity (Wildman–Crippen MR) is 128 cm³/mol. The highest BCUT2D eigenvalue weighted by Crippen LogP contribution is 2.31. The number of esters is 1. The number of carbonyl (C=O) groups excluding carboxylic acids is 1. The van der Waals surface area contributed by atoms with Gasteiger partial charge in [-0.1, -0.05) is 26.3 Å². The van der Waals surface area contributed by atoms with Crippen molar-refractivity contribution < 1.29 is 28.2 Å². The molecule has 2 heterocycles. The average molecular weight is 455 g/mol. The Morgan fingerprint density at radius 3 is 2.70 bits per heavy atom. The molecule has 0 radical (unpaired) electrons. The van der Waals surface area contributed by atoms with Crippen molar-refractivity contribution in [2.45, 2.75) is 64.9 Å². The number of rotatable bonds is 14. The monoisotopic (exact) mass is 454 g/mol. The number of hydrogen-bond donors (Lipinski definition) is 1. The van der Waals surface area contributed by atoms with Crippen LogP contribution in [-0.2, 0) is 16.0 Å². The normalized spacial score (nSPS) is 12.1. The maximum Gasteiger partial charge on any atom is 0.333 e. The number of ether oxygens (including phenoxy) is 2. The number of unbranched alkanes of at least 4 members (excludes halogenated alkanes) is 3. The first-order chi connectivity index (χ1) is 16.0. The van der Waals surface area contributed by atoms with E-state index < -0.39 is 12.1 Å². The molecule has 6 heteroatoms. The smallest absolute Gasteiger partial charge is 0.333 e. The van der Waals surface area contributed by atoms with Crippen molar-refractivity contribution in [1.29, 1.82) is 0 Å². The topological polar surface area (TPSA) is 82.0 Å².